The predicted molar refractivity (Wildman–Crippen MR) is 103 cm³/mol. The number of aromatic nitrogens is 5. The maximum Gasteiger partial charge on any atom is 0.278 e. The molecule has 0 amide bonds. The Balaban J connectivity index is 1.61. The van der Waals surface area contributed by atoms with Crippen LogP contribution in [-0.4, -0.2) is 24.5 Å². The first-order valence-electron chi connectivity index (χ1n) is 9.16. The molecule has 0 atom stereocenters. The fourth-order valence-corrected chi connectivity index (χ4v) is 4.73. The van der Waals surface area contributed by atoms with Gasteiger partial charge < -0.3 is 4.57 Å². The summed E-state index contributed by atoms with van der Waals surface area (Å²) in [5.74, 6) is 0.416. The number of benzene rings is 1. The second kappa shape index (κ2) is 7.23. The fourth-order valence-electron chi connectivity index (χ4n) is 3.69. The van der Waals surface area contributed by atoms with E-state index in [0.29, 0.717) is 22.8 Å². The Morgan fingerprint density at radius 3 is 2.73 bits per heavy atom. The minimum Gasteiger partial charge on any atom is -0.320 e. The van der Waals surface area contributed by atoms with E-state index in [1.807, 2.05) is 18.2 Å². The number of nitrogens with zero attached hydrogens (tertiary/aromatic N) is 5. The molecule has 2 heterocycles. The quantitative estimate of drug-likeness (QED) is 0.653. The van der Waals surface area contributed by atoms with Gasteiger partial charge in [-0.05, 0) is 38.8 Å². The van der Waals surface area contributed by atoms with Crippen LogP contribution in [-0.2, 0) is 5.88 Å². The SMILES string of the molecule is Cc1nc(SCn2nnc3ccccc3c2=O)n(C2CCCCC2)c1C. The summed E-state index contributed by atoms with van der Waals surface area (Å²) in [4.78, 5) is 17.4. The summed E-state index contributed by atoms with van der Waals surface area (Å²) in [5.41, 5.74) is 2.83. The van der Waals surface area contributed by atoms with Crippen molar-refractivity contribution in [1.29, 1.82) is 0 Å². The minimum absolute atomic E-state index is 0.104. The first-order chi connectivity index (χ1) is 12.6. The Labute approximate surface area is 156 Å². The normalized spacial score (nSPS) is 15.6. The first-order valence-corrected chi connectivity index (χ1v) is 10.1. The Hall–Kier alpha value is -2.15. The highest BCUT2D eigenvalue weighted by atomic mass is 32.2. The van der Waals surface area contributed by atoms with Gasteiger partial charge in [-0.15, -0.1) is 5.10 Å². The van der Waals surface area contributed by atoms with Gasteiger partial charge in [0.2, 0.25) is 0 Å². The van der Waals surface area contributed by atoms with Gasteiger partial charge in [-0.1, -0.05) is 48.4 Å². The monoisotopic (exact) mass is 369 g/mol. The molecular formula is C19H23N5OS. The summed E-state index contributed by atoms with van der Waals surface area (Å²) in [5, 5.41) is 9.83. The molecule has 0 radical (unpaired) electrons. The molecular weight excluding hydrogens is 346 g/mol. The molecule has 2 aromatic heterocycles. The number of hydrogen-bond donors (Lipinski definition) is 0. The number of aryl methyl sites for hydroxylation is 1. The molecule has 1 aliphatic rings. The molecule has 6 nitrogen and oxygen atoms in total. The molecule has 0 spiro atoms. The number of imidazole rings is 1. The van der Waals surface area contributed by atoms with Crippen LogP contribution in [0.2, 0.25) is 0 Å². The molecule has 0 aliphatic heterocycles. The average Bonchev–Trinajstić information content (AvgIpc) is 2.96. The number of fused-ring (bicyclic) bond motifs is 1. The van der Waals surface area contributed by atoms with Crippen LogP contribution in [0.25, 0.3) is 10.9 Å². The predicted octanol–water partition coefficient (Wildman–Crippen LogP) is 3.86. The summed E-state index contributed by atoms with van der Waals surface area (Å²) < 4.78 is 3.80. The lowest BCUT2D eigenvalue weighted by Gasteiger charge is -2.26. The molecule has 7 heteroatoms. The summed E-state index contributed by atoms with van der Waals surface area (Å²) in [6.45, 7) is 4.20. The third-order valence-corrected chi connectivity index (χ3v) is 6.16. The number of rotatable bonds is 4. The third-order valence-electron chi connectivity index (χ3n) is 5.24. The average molecular weight is 369 g/mol. The molecule has 26 heavy (non-hydrogen) atoms. The van der Waals surface area contributed by atoms with Crippen molar-refractivity contribution in [2.45, 2.75) is 63.0 Å². The maximum absolute atomic E-state index is 12.6. The Morgan fingerprint density at radius 2 is 1.92 bits per heavy atom. The zero-order chi connectivity index (χ0) is 18.1. The second-order valence-electron chi connectivity index (χ2n) is 6.91. The van der Waals surface area contributed by atoms with Gasteiger partial charge in [0.25, 0.3) is 5.56 Å². The Bertz CT molecular complexity index is 987. The highest BCUT2D eigenvalue weighted by Crippen LogP contribution is 2.34. The zero-order valence-corrected chi connectivity index (χ0v) is 16.0. The van der Waals surface area contributed by atoms with Crippen molar-refractivity contribution in [1.82, 2.24) is 24.5 Å². The van der Waals surface area contributed by atoms with E-state index >= 15 is 0 Å². The van der Waals surface area contributed by atoms with Crippen LogP contribution in [0.5, 0.6) is 0 Å². The Morgan fingerprint density at radius 1 is 1.15 bits per heavy atom. The molecule has 136 valence electrons. The molecule has 1 saturated carbocycles. The standard InChI is InChI=1S/C19H23N5OS/c1-13-14(2)24(15-8-4-3-5-9-15)19(20-13)26-12-23-18(25)16-10-6-7-11-17(16)21-22-23/h6-7,10-11,15H,3-5,8-9,12H2,1-2H3. The van der Waals surface area contributed by atoms with Crippen molar-refractivity contribution in [3.8, 4) is 0 Å². The molecule has 0 saturated heterocycles. The van der Waals surface area contributed by atoms with Gasteiger partial charge in [0.15, 0.2) is 5.16 Å². The molecule has 0 bridgehead atoms. The lowest BCUT2D eigenvalue weighted by Crippen LogP contribution is -2.23. The van der Waals surface area contributed by atoms with Crippen molar-refractivity contribution < 1.29 is 0 Å². The van der Waals surface area contributed by atoms with Crippen LogP contribution >= 0.6 is 11.8 Å². The lowest BCUT2D eigenvalue weighted by molar-refractivity contribution is 0.332. The number of hydrogen-bond acceptors (Lipinski definition) is 5. The van der Waals surface area contributed by atoms with E-state index in [0.717, 1.165) is 10.9 Å². The van der Waals surface area contributed by atoms with Crippen LogP contribution < -0.4 is 5.56 Å². The lowest BCUT2D eigenvalue weighted by atomic mass is 9.95. The largest absolute Gasteiger partial charge is 0.320 e. The van der Waals surface area contributed by atoms with Crippen molar-refractivity contribution in [3.63, 3.8) is 0 Å². The molecule has 0 unspecified atom stereocenters. The summed E-state index contributed by atoms with van der Waals surface area (Å²) in [6, 6.07) is 7.84. The Kier molecular flexibility index (Phi) is 4.80. The van der Waals surface area contributed by atoms with Crippen LogP contribution in [0.1, 0.15) is 49.5 Å². The fraction of sp³-hybridized carbons (Fsp3) is 0.474. The van der Waals surface area contributed by atoms with Gasteiger partial charge in [0.05, 0.1) is 17.0 Å². The van der Waals surface area contributed by atoms with Crippen molar-refractivity contribution >= 4 is 22.7 Å². The second-order valence-corrected chi connectivity index (χ2v) is 7.82. The highest BCUT2D eigenvalue weighted by molar-refractivity contribution is 7.98. The molecule has 3 aromatic rings. The molecule has 1 fully saturated rings. The molecule has 1 aliphatic carbocycles. The van der Waals surface area contributed by atoms with Gasteiger partial charge in [-0.3, -0.25) is 4.79 Å². The van der Waals surface area contributed by atoms with E-state index in [-0.39, 0.29) is 5.56 Å². The summed E-state index contributed by atoms with van der Waals surface area (Å²) in [7, 11) is 0. The zero-order valence-electron chi connectivity index (χ0n) is 15.2. The minimum atomic E-state index is -0.104. The van der Waals surface area contributed by atoms with E-state index in [1.54, 1.807) is 17.8 Å². The van der Waals surface area contributed by atoms with Crippen molar-refractivity contribution in [2.24, 2.45) is 0 Å². The molecule has 4 rings (SSSR count). The van der Waals surface area contributed by atoms with Crippen LogP contribution in [0.15, 0.2) is 34.2 Å². The maximum atomic E-state index is 12.6. The van der Waals surface area contributed by atoms with E-state index in [2.05, 4.69) is 28.7 Å². The van der Waals surface area contributed by atoms with E-state index in [1.165, 1.54) is 42.5 Å². The van der Waals surface area contributed by atoms with Crippen molar-refractivity contribution in [2.75, 3.05) is 0 Å². The van der Waals surface area contributed by atoms with Gasteiger partial charge in [0.1, 0.15) is 5.52 Å². The molecule has 0 N–H and O–H groups in total. The van der Waals surface area contributed by atoms with Gasteiger partial charge >= 0.3 is 0 Å². The topological polar surface area (TPSA) is 65.6 Å². The van der Waals surface area contributed by atoms with E-state index in [9.17, 15) is 4.79 Å². The van der Waals surface area contributed by atoms with E-state index in [4.69, 9.17) is 4.98 Å². The van der Waals surface area contributed by atoms with Gasteiger partial charge in [-0.25, -0.2) is 4.98 Å². The van der Waals surface area contributed by atoms with Crippen LogP contribution in [0.3, 0.4) is 0 Å². The van der Waals surface area contributed by atoms with Crippen LogP contribution in [0.4, 0.5) is 0 Å². The van der Waals surface area contributed by atoms with Gasteiger partial charge in [0, 0.05) is 11.7 Å². The number of thioether (sulfide) groups is 1. The third kappa shape index (κ3) is 3.16. The van der Waals surface area contributed by atoms with E-state index < -0.39 is 0 Å². The smallest absolute Gasteiger partial charge is 0.278 e. The first kappa shape index (κ1) is 17.3. The summed E-state index contributed by atoms with van der Waals surface area (Å²) in [6.07, 6.45) is 6.30. The van der Waals surface area contributed by atoms with Crippen LogP contribution in [0, 0.1) is 13.8 Å². The summed E-state index contributed by atoms with van der Waals surface area (Å²) >= 11 is 1.56. The van der Waals surface area contributed by atoms with Crippen molar-refractivity contribution in [3.05, 3.63) is 46.0 Å². The van der Waals surface area contributed by atoms with Gasteiger partial charge in [-0.2, -0.15) is 4.68 Å². The molecule has 1 aromatic carbocycles. The highest BCUT2D eigenvalue weighted by Gasteiger charge is 2.22.